The molecule has 0 aromatic carbocycles. The lowest BCUT2D eigenvalue weighted by atomic mass is 9.94. The number of amides is 1. The first-order chi connectivity index (χ1) is 8.81. The zero-order valence-electron chi connectivity index (χ0n) is 11.0. The molecule has 0 saturated heterocycles. The van der Waals surface area contributed by atoms with E-state index in [0.29, 0.717) is 6.42 Å². The predicted octanol–water partition coefficient (Wildman–Crippen LogP) is 3.06. The molecule has 6 heteroatoms. The highest BCUT2D eigenvalue weighted by Crippen LogP contribution is 2.23. The van der Waals surface area contributed by atoms with Crippen LogP contribution < -0.4 is 5.32 Å². The molecule has 1 aromatic rings. The molecule has 0 fully saturated rings. The average Bonchev–Trinajstić information content (AvgIpc) is 2.72. The Morgan fingerprint density at radius 1 is 1.42 bits per heavy atom. The molecule has 1 amide bonds. The van der Waals surface area contributed by atoms with Crippen molar-refractivity contribution in [2.45, 2.75) is 33.1 Å². The molecular weight excluding hydrogens is 330 g/mol. The van der Waals surface area contributed by atoms with Gasteiger partial charge in [0.15, 0.2) is 0 Å². The van der Waals surface area contributed by atoms with Crippen LogP contribution in [0.5, 0.6) is 0 Å². The summed E-state index contributed by atoms with van der Waals surface area (Å²) in [5.41, 5.74) is -0.922. The van der Waals surface area contributed by atoms with Crippen LogP contribution in [-0.2, 0) is 16.0 Å². The topological polar surface area (TPSA) is 66.4 Å². The molecule has 0 aliphatic rings. The number of nitrogens with one attached hydrogen (secondary N) is 1. The maximum Gasteiger partial charge on any atom is 0.310 e. The van der Waals surface area contributed by atoms with Gasteiger partial charge in [-0.15, -0.1) is 11.3 Å². The Hall–Kier alpha value is -0.880. The number of aryl methyl sites for hydroxylation is 1. The minimum absolute atomic E-state index is 0.0926. The van der Waals surface area contributed by atoms with E-state index in [1.54, 1.807) is 25.2 Å². The van der Waals surface area contributed by atoms with Crippen LogP contribution >= 0.6 is 27.3 Å². The first-order valence-electron chi connectivity index (χ1n) is 6.05. The summed E-state index contributed by atoms with van der Waals surface area (Å²) >= 11 is 5.07. The van der Waals surface area contributed by atoms with Crippen molar-refractivity contribution in [3.05, 3.63) is 20.8 Å². The second kappa shape index (κ2) is 7.05. The quantitative estimate of drug-likeness (QED) is 0.796. The third-order valence-corrected chi connectivity index (χ3v) is 4.45. The van der Waals surface area contributed by atoms with Gasteiger partial charge in [0.1, 0.15) is 0 Å². The number of rotatable bonds is 7. The van der Waals surface area contributed by atoms with Crippen molar-refractivity contribution < 1.29 is 14.7 Å². The SMILES string of the molecule is CC(C)(CNC(=O)CCCc1ccc(Br)s1)C(=O)O. The molecular formula is C13H18BrNO3S. The fraction of sp³-hybridized carbons (Fsp3) is 0.538. The third-order valence-electron chi connectivity index (χ3n) is 2.76. The van der Waals surface area contributed by atoms with Crippen molar-refractivity contribution in [2.24, 2.45) is 5.41 Å². The Balaban J connectivity index is 2.23. The molecule has 19 heavy (non-hydrogen) atoms. The van der Waals surface area contributed by atoms with E-state index < -0.39 is 11.4 Å². The van der Waals surface area contributed by atoms with Gasteiger partial charge in [0.05, 0.1) is 9.20 Å². The summed E-state index contributed by atoms with van der Waals surface area (Å²) in [6.45, 7) is 3.35. The van der Waals surface area contributed by atoms with Crippen molar-refractivity contribution in [2.75, 3.05) is 6.54 Å². The van der Waals surface area contributed by atoms with Gasteiger partial charge < -0.3 is 10.4 Å². The highest BCUT2D eigenvalue weighted by atomic mass is 79.9. The van der Waals surface area contributed by atoms with Gasteiger partial charge in [-0.2, -0.15) is 0 Å². The lowest BCUT2D eigenvalue weighted by molar-refractivity contribution is -0.146. The summed E-state index contributed by atoms with van der Waals surface area (Å²) in [7, 11) is 0. The molecule has 106 valence electrons. The number of thiophene rings is 1. The summed E-state index contributed by atoms with van der Waals surface area (Å²) < 4.78 is 1.09. The summed E-state index contributed by atoms with van der Waals surface area (Å²) in [6.07, 6.45) is 2.06. The molecule has 4 nitrogen and oxygen atoms in total. The van der Waals surface area contributed by atoms with Crippen molar-refractivity contribution >= 4 is 39.1 Å². The van der Waals surface area contributed by atoms with Gasteiger partial charge in [-0.1, -0.05) is 0 Å². The first-order valence-corrected chi connectivity index (χ1v) is 7.66. The molecule has 2 N–H and O–H groups in total. The lowest BCUT2D eigenvalue weighted by Crippen LogP contribution is -2.38. The van der Waals surface area contributed by atoms with E-state index in [2.05, 4.69) is 21.2 Å². The van der Waals surface area contributed by atoms with Crippen molar-refractivity contribution in [1.82, 2.24) is 5.32 Å². The Labute approximate surface area is 125 Å². The van der Waals surface area contributed by atoms with Crippen LogP contribution in [0.4, 0.5) is 0 Å². The van der Waals surface area contributed by atoms with E-state index >= 15 is 0 Å². The van der Waals surface area contributed by atoms with Gasteiger partial charge >= 0.3 is 5.97 Å². The van der Waals surface area contributed by atoms with E-state index in [9.17, 15) is 9.59 Å². The van der Waals surface area contributed by atoms with E-state index in [1.807, 2.05) is 12.1 Å². The van der Waals surface area contributed by atoms with Gasteiger partial charge in [0.25, 0.3) is 0 Å². The summed E-state index contributed by atoms with van der Waals surface area (Å²) in [6, 6.07) is 4.04. The molecule has 0 radical (unpaired) electrons. The van der Waals surface area contributed by atoms with Gasteiger partial charge in [-0.05, 0) is 54.8 Å². The minimum Gasteiger partial charge on any atom is -0.481 e. The maximum absolute atomic E-state index is 11.6. The highest BCUT2D eigenvalue weighted by molar-refractivity contribution is 9.11. The molecule has 1 rings (SSSR count). The van der Waals surface area contributed by atoms with E-state index in [1.165, 1.54) is 4.88 Å². The molecule has 0 atom stereocenters. The molecule has 1 aromatic heterocycles. The molecule has 0 saturated carbocycles. The van der Waals surface area contributed by atoms with Crippen LogP contribution in [0.1, 0.15) is 31.6 Å². The predicted molar refractivity (Wildman–Crippen MR) is 79.4 cm³/mol. The first kappa shape index (κ1) is 16.2. The molecule has 1 heterocycles. The van der Waals surface area contributed by atoms with Crippen LogP contribution in [0.2, 0.25) is 0 Å². The van der Waals surface area contributed by atoms with Crippen molar-refractivity contribution in [3.8, 4) is 0 Å². The second-order valence-electron chi connectivity index (χ2n) is 5.03. The number of carbonyl (C=O) groups excluding carboxylic acids is 1. The van der Waals surface area contributed by atoms with Gasteiger partial charge in [-0.3, -0.25) is 9.59 Å². The number of carboxylic acid groups (broad SMARTS) is 1. The van der Waals surface area contributed by atoms with Gasteiger partial charge in [-0.25, -0.2) is 0 Å². The smallest absolute Gasteiger partial charge is 0.310 e. The Morgan fingerprint density at radius 3 is 2.63 bits per heavy atom. The minimum atomic E-state index is -0.922. The fourth-order valence-corrected chi connectivity index (χ4v) is 2.92. The molecule has 0 bridgehead atoms. The zero-order chi connectivity index (χ0) is 14.5. The van der Waals surface area contributed by atoms with Gasteiger partial charge in [0, 0.05) is 17.8 Å². The largest absolute Gasteiger partial charge is 0.481 e. The summed E-state index contributed by atoms with van der Waals surface area (Å²) in [5.74, 6) is -0.999. The van der Waals surface area contributed by atoms with Crippen molar-refractivity contribution in [1.29, 1.82) is 0 Å². The number of aliphatic carboxylic acids is 1. The van der Waals surface area contributed by atoms with E-state index in [0.717, 1.165) is 16.6 Å². The summed E-state index contributed by atoms with van der Waals surface area (Å²) in [5, 5.41) is 11.6. The molecule has 0 aliphatic heterocycles. The molecule has 0 spiro atoms. The molecule has 0 unspecified atom stereocenters. The average molecular weight is 348 g/mol. The Morgan fingerprint density at radius 2 is 2.11 bits per heavy atom. The lowest BCUT2D eigenvalue weighted by Gasteiger charge is -2.19. The summed E-state index contributed by atoms with van der Waals surface area (Å²) in [4.78, 5) is 23.7. The van der Waals surface area contributed by atoms with Crippen LogP contribution in [-0.4, -0.2) is 23.5 Å². The van der Waals surface area contributed by atoms with E-state index in [-0.39, 0.29) is 12.5 Å². The number of hydrogen-bond acceptors (Lipinski definition) is 3. The molecule has 0 aliphatic carbocycles. The number of carboxylic acids is 1. The highest BCUT2D eigenvalue weighted by Gasteiger charge is 2.27. The number of hydrogen-bond donors (Lipinski definition) is 2. The van der Waals surface area contributed by atoms with Crippen molar-refractivity contribution in [3.63, 3.8) is 0 Å². The normalized spacial score (nSPS) is 11.3. The third kappa shape index (κ3) is 5.74. The fourth-order valence-electron chi connectivity index (χ4n) is 1.39. The van der Waals surface area contributed by atoms with Crippen LogP contribution in [0.15, 0.2) is 15.9 Å². The van der Waals surface area contributed by atoms with E-state index in [4.69, 9.17) is 5.11 Å². The Bertz CT molecular complexity index is 456. The number of halogens is 1. The second-order valence-corrected chi connectivity index (χ2v) is 7.57. The monoisotopic (exact) mass is 347 g/mol. The van der Waals surface area contributed by atoms with Crippen LogP contribution in [0, 0.1) is 5.41 Å². The maximum atomic E-state index is 11.6. The standard InChI is InChI=1S/C13H18BrNO3S/c1-13(2,12(17)18)8-15-11(16)5-3-4-9-6-7-10(14)19-9/h6-7H,3-5,8H2,1-2H3,(H,15,16)(H,17,18). The zero-order valence-corrected chi connectivity index (χ0v) is 13.4. The number of carbonyl (C=O) groups is 2. The van der Waals surface area contributed by atoms with Crippen LogP contribution in [0.25, 0.3) is 0 Å². The Kier molecular flexibility index (Phi) is 6.00. The van der Waals surface area contributed by atoms with Gasteiger partial charge in [0.2, 0.25) is 5.91 Å². The van der Waals surface area contributed by atoms with Crippen LogP contribution in [0.3, 0.4) is 0 Å².